The Hall–Kier alpha value is -0.0400. The molecule has 0 aromatic carbocycles. The van der Waals surface area contributed by atoms with Crippen LogP contribution in [0.3, 0.4) is 0 Å². The monoisotopic (exact) mass is 636 g/mol. The van der Waals surface area contributed by atoms with Crippen molar-refractivity contribution in [2.24, 2.45) is 58.0 Å². The number of hydrogen-bond acceptors (Lipinski definition) is 1. The summed E-state index contributed by atoms with van der Waals surface area (Å²) in [5.74, 6) is 7.15. The van der Waals surface area contributed by atoms with E-state index in [2.05, 4.69) is 69.2 Å². The first kappa shape index (κ1) is 47.1. The minimum atomic E-state index is 0.677. The van der Waals surface area contributed by atoms with Gasteiger partial charge in [0.2, 0.25) is 0 Å². The molecule has 274 valence electrons. The number of nitrogens with two attached hydrogens (primary N) is 1. The van der Waals surface area contributed by atoms with Gasteiger partial charge in [0, 0.05) is 0 Å². The zero-order chi connectivity index (χ0) is 34.9. The van der Waals surface area contributed by atoms with Crippen molar-refractivity contribution in [3.63, 3.8) is 0 Å². The molecule has 2 N–H and O–H groups in total. The Morgan fingerprint density at radius 2 is 1.18 bits per heavy atom. The molecule has 1 nitrogen and oxygen atoms in total. The first-order chi connectivity index (χ1) is 21.6. The minimum Gasteiger partial charge on any atom is -0.330 e. The van der Waals surface area contributed by atoms with Crippen molar-refractivity contribution in [2.45, 2.75) is 225 Å². The fourth-order valence-electron chi connectivity index (χ4n) is 10.1. The van der Waals surface area contributed by atoms with Gasteiger partial charge in [-0.3, -0.25) is 0 Å². The van der Waals surface area contributed by atoms with Crippen LogP contribution in [0.1, 0.15) is 225 Å². The van der Waals surface area contributed by atoms with Crippen molar-refractivity contribution >= 4 is 0 Å². The van der Waals surface area contributed by atoms with Crippen LogP contribution < -0.4 is 5.73 Å². The molecule has 4 fully saturated rings. The third-order valence-electron chi connectivity index (χ3n) is 12.3. The molecule has 0 amide bonds. The summed E-state index contributed by atoms with van der Waals surface area (Å²) in [6.07, 6.45) is 29.0. The molecule has 0 radical (unpaired) electrons. The SMILES string of the molecule is CC.CC.CC(C)CCCC(C)C1CCC2C3CCC4CCCCC4(C)C3CCC12C.CCC.CCCCC.CCCCCN. The summed E-state index contributed by atoms with van der Waals surface area (Å²) in [6.45, 7) is 32.6. The average Bonchev–Trinajstić information content (AvgIpc) is 3.40. The molecule has 0 spiro atoms. The lowest BCUT2D eigenvalue weighted by molar-refractivity contribution is -0.114. The van der Waals surface area contributed by atoms with Crippen LogP contribution in [0.25, 0.3) is 0 Å². The Morgan fingerprint density at radius 3 is 1.67 bits per heavy atom. The van der Waals surface area contributed by atoms with E-state index >= 15 is 0 Å². The van der Waals surface area contributed by atoms with Crippen LogP contribution in [0, 0.1) is 52.3 Å². The zero-order valence-corrected chi connectivity index (χ0v) is 34.5. The van der Waals surface area contributed by atoms with E-state index in [9.17, 15) is 0 Å². The lowest BCUT2D eigenvalue weighted by atomic mass is 9.44. The Labute approximate surface area is 289 Å². The van der Waals surface area contributed by atoms with Crippen LogP contribution in [0.2, 0.25) is 0 Å². The molecule has 1 heteroatoms. The van der Waals surface area contributed by atoms with E-state index in [0.29, 0.717) is 10.8 Å². The second-order valence-corrected chi connectivity index (χ2v) is 16.0. The molecule has 45 heavy (non-hydrogen) atoms. The van der Waals surface area contributed by atoms with E-state index in [1.165, 1.54) is 77.0 Å². The molecule has 8 atom stereocenters. The fourth-order valence-corrected chi connectivity index (χ4v) is 10.1. The van der Waals surface area contributed by atoms with Gasteiger partial charge in [0.15, 0.2) is 0 Å². The number of fused-ring (bicyclic) bond motifs is 5. The van der Waals surface area contributed by atoms with Gasteiger partial charge in [-0.25, -0.2) is 0 Å². The van der Waals surface area contributed by atoms with E-state index in [1.54, 1.807) is 51.4 Å². The van der Waals surface area contributed by atoms with Crippen LogP contribution in [0.4, 0.5) is 0 Å². The van der Waals surface area contributed by atoms with E-state index in [1.807, 2.05) is 27.7 Å². The smallest absolute Gasteiger partial charge is 0.00773 e. The van der Waals surface area contributed by atoms with Gasteiger partial charge in [-0.05, 0) is 117 Å². The van der Waals surface area contributed by atoms with Crippen LogP contribution >= 0.6 is 0 Å². The first-order valence-electron chi connectivity index (χ1n) is 21.3. The van der Waals surface area contributed by atoms with Gasteiger partial charge in [-0.15, -0.1) is 0 Å². The molecular formula is C44H93N. The van der Waals surface area contributed by atoms with Gasteiger partial charge in [-0.2, -0.15) is 0 Å². The van der Waals surface area contributed by atoms with Crippen molar-refractivity contribution < 1.29 is 0 Å². The number of hydrogen-bond donors (Lipinski definition) is 1. The van der Waals surface area contributed by atoms with Gasteiger partial charge in [0.1, 0.15) is 0 Å². The van der Waals surface area contributed by atoms with Gasteiger partial charge in [0.25, 0.3) is 0 Å². The van der Waals surface area contributed by atoms with Crippen LogP contribution in [0.15, 0.2) is 0 Å². The third kappa shape index (κ3) is 15.4. The molecule has 0 heterocycles. The molecule has 4 saturated carbocycles. The van der Waals surface area contributed by atoms with Crippen molar-refractivity contribution in [2.75, 3.05) is 6.54 Å². The van der Waals surface area contributed by atoms with Crippen LogP contribution in [-0.4, -0.2) is 6.54 Å². The summed E-state index contributed by atoms with van der Waals surface area (Å²) < 4.78 is 0. The maximum atomic E-state index is 5.21. The van der Waals surface area contributed by atoms with E-state index < -0.39 is 0 Å². The molecule has 4 aliphatic rings. The standard InChI is InChI=1S/C27H48.C5H13N.C5H12.C3H8.2C2H6/c1-19(2)9-8-10-20(3)23-14-15-24-22-13-12-21-11-6-7-17-26(21,4)25(22)16-18-27(23,24)5;1-2-3-4-5-6;1-3-5-4-2;1-3-2;2*1-2/h19-25H,6-18H2,1-5H3;2-6H2,1H3;3-5H2,1-2H3;3H2,1-2H3;2*1-2H3. The average molecular weight is 636 g/mol. The lowest BCUT2D eigenvalue weighted by Gasteiger charge is -2.61. The normalized spacial score (nSPS) is 31.6. The Morgan fingerprint density at radius 1 is 0.600 bits per heavy atom. The highest BCUT2D eigenvalue weighted by Gasteiger charge is 2.60. The van der Waals surface area contributed by atoms with Gasteiger partial charge < -0.3 is 5.73 Å². The Kier molecular flexibility index (Phi) is 29.2. The van der Waals surface area contributed by atoms with E-state index in [-0.39, 0.29) is 0 Å². The summed E-state index contributed by atoms with van der Waals surface area (Å²) >= 11 is 0. The molecule has 0 aliphatic heterocycles. The molecular weight excluding hydrogens is 542 g/mol. The predicted octanol–water partition coefficient (Wildman–Crippen LogP) is 15.3. The van der Waals surface area contributed by atoms with Crippen molar-refractivity contribution in [1.82, 2.24) is 0 Å². The summed E-state index contributed by atoms with van der Waals surface area (Å²) in [4.78, 5) is 0. The minimum absolute atomic E-state index is 0.677. The summed E-state index contributed by atoms with van der Waals surface area (Å²) in [5, 5.41) is 0. The molecule has 8 unspecified atom stereocenters. The van der Waals surface area contributed by atoms with Crippen LogP contribution in [0.5, 0.6) is 0 Å². The highest BCUT2D eigenvalue weighted by molar-refractivity contribution is 5.09. The van der Waals surface area contributed by atoms with Crippen molar-refractivity contribution in [1.29, 1.82) is 0 Å². The number of unbranched alkanes of at least 4 members (excludes halogenated alkanes) is 4. The van der Waals surface area contributed by atoms with E-state index in [0.717, 1.165) is 48.0 Å². The first-order valence-corrected chi connectivity index (χ1v) is 21.3. The highest BCUT2D eigenvalue weighted by atomic mass is 14.6. The van der Waals surface area contributed by atoms with Crippen molar-refractivity contribution in [3.05, 3.63) is 0 Å². The quantitative estimate of drug-likeness (QED) is 0.237. The summed E-state index contributed by atoms with van der Waals surface area (Å²) in [5.41, 5.74) is 6.60. The summed E-state index contributed by atoms with van der Waals surface area (Å²) in [7, 11) is 0. The molecule has 0 aromatic rings. The van der Waals surface area contributed by atoms with Gasteiger partial charge in [0.05, 0.1) is 0 Å². The largest absolute Gasteiger partial charge is 0.330 e. The summed E-state index contributed by atoms with van der Waals surface area (Å²) in [6, 6.07) is 0. The maximum Gasteiger partial charge on any atom is -0.00773 e. The number of rotatable bonds is 10. The predicted molar refractivity (Wildman–Crippen MR) is 210 cm³/mol. The van der Waals surface area contributed by atoms with Crippen molar-refractivity contribution in [3.8, 4) is 0 Å². The molecule has 0 bridgehead atoms. The fraction of sp³-hybridized carbons (Fsp3) is 1.00. The molecule has 4 aliphatic carbocycles. The lowest BCUT2D eigenvalue weighted by Crippen LogP contribution is -2.53. The third-order valence-corrected chi connectivity index (χ3v) is 12.3. The Bertz CT molecular complexity index is 620. The van der Waals surface area contributed by atoms with Gasteiger partial charge in [-0.1, -0.05) is 168 Å². The Balaban J connectivity index is 0. The van der Waals surface area contributed by atoms with Gasteiger partial charge >= 0.3 is 0 Å². The molecule has 0 saturated heterocycles. The maximum absolute atomic E-state index is 5.21. The highest BCUT2D eigenvalue weighted by Crippen LogP contribution is 2.68. The molecule has 4 rings (SSSR count). The topological polar surface area (TPSA) is 26.0 Å². The van der Waals surface area contributed by atoms with Crippen LogP contribution in [-0.2, 0) is 0 Å². The molecule has 0 aromatic heterocycles. The zero-order valence-electron chi connectivity index (χ0n) is 34.5. The van der Waals surface area contributed by atoms with E-state index in [4.69, 9.17) is 5.73 Å². The second kappa shape index (κ2) is 27.9. The second-order valence-electron chi connectivity index (χ2n) is 16.0.